The molecule has 2 nitrogen and oxygen atoms in total. The quantitative estimate of drug-likeness (QED) is 0.743. The fraction of sp³-hybridized carbons (Fsp3) is 0.125. The van der Waals surface area contributed by atoms with Crippen LogP contribution in [0.15, 0.2) is 60.8 Å². The second-order valence-corrected chi connectivity index (χ2v) is 4.89. The van der Waals surface area contributed by atoms with Crippen molar-refractivity contribution in [3.63, 3.8) is 0 Å². The molecule has 19 heavy (non-hydrogen) atoms. The fourth-order valence-electron chi connectivity index (χ4n) is 2.26. The molecule has 0 aliphatic heterocycles. The molecule has 0 radical (unpaired) electrons. The summed E-state index contributed by atoms with van der Waals surface area (Å²) in [5.41, 5.74) is 2.33. The van der Waals surface area contributed by atoms with Gasteiger partial charge in [-0.15, -0.1) is 0 Å². The zero-order valence-corrected chi connectivity index (χ0v) is 11.3. The molecule has 1 N–H and O–H groups in total. The van der Waals surface area contributed by atoms with Crippen molar-refractivity contribution in [3.05, 3.63) is 65.8 Å². The monoisotopic (exact) mass is 270 g/mol. The van der Waals surface area contributed by atoms with Gasteiger partial charge in [-0.1, -0.05) is 48.0 Å². The lowest BCUT2D eigenvalue weighted by atomic mass is 10.2. The van der Waals surface area contributed by atoms with Crippen LogP contribution in [0.2, 0.25) is 5.02 Å². The number of halogens is 1. The lowest BCUT2D eigenvalue weighted by molar-refractivity contribution is 0.757. The molecule has 0 spiro atoms. The summed E-state index contributed by atoms with van der Waals surface area (Å²) < 4.78 is 2.19. The second-order valence-electron chi connectivity index (χ2n) is 4.48. The third kappa shape index (κ3) is 2.59. The molecule has 0 saturated carbocycles. The van der Waals surface area contributed by atoms with E-state index in [-0.39, 0.29) is 0 Å². The van der Waals surface area contributed by atoms with Gasteiger partial charge in [0, 0.05) is 35.9 Å². The maximum absolute atomic E-state index is 6.23. The van der Waals surface area contributed by atoms with Crippen molar-refractivity contribution in [2.75, 3.05) is 11.9 Å². The lowest BCUT2D eigenvalue weighted by Crippen LogP contribution is -2.09. The van der Waals surface area contributed by atoms with Gasteiger partial charge in [-0.05, 0) is 18.2 Å². The Labute approximate surface area is 117 Å². The van der Waals surface area contributed by atoms with Crippen molar-refractivity contribution in [2.45, 2.75) is 6.54 Å². The van der Waals surface area contributed by atoms with Gasteiger partial charge in [0.25, 0.3) is 0 Å². The highest BCUT2D eigenvalue weighted by atomic mass is 35.5. The number of fused-ring (bicyclic) bond motifs is 1. The summed E-state index contributed by atoms with van der Waals surface area (Å²) in [6.45, 7) is 1.77. The first-order valence-electron chi connectivity index (χ1n) is 6.37. The number of rotatable bonds is 4. The van der Waals surface area contributed by atoms with Gasteiger partial charge in [0.05, 0.1) is 5.02 Å². The highest BCUT2D eigenvalue weighted by molar-refractivity contribution is 6.35. The molecule has 3 aromatic rings. The molecule has 1 heterocycles. The maximum atomic E-state index is 6.23. The number of hydrogen-bond acceptors (Lipinski definition) is 1. The van der Waals surface area contributed by atoms with E-state index in [0.29, 0.717) is 0 Å². The molecule has 0 bridgehead atoms. The molecule has 1 aromatic heterocycles. The molecule has 0 fully saturated rings. The van der Waals surface area contributed by atoms with E-state index in [1.165, 1.54) is 5.52 Å². The second kappa shape index (κ2) is 5.37. The average molecular weight is 271 g/mol. The van der Waals surface area contributed by atoms with E-state index in [4.69, 9.17) is 11.6 Å². The van der Waals surface area contributed by atoms with Gasteiger partial charge in [0.2, 0.25) is 0 Å². The van der Waals surface area contributed by atoms with Crippen molar-refractivity contribution in [2.24, 2.45) is 0 Å². The van der Waals surface area contributed by atoms with Gasteiger partial charge in [-0.3, -0.25) is 0 Å². The Balaban J connectivity index is 1.72. The van der Waals surface area contributed by atoms with E-state index >= 15 is 0 Å². The standard InChI is InChI=1S/C16H15ClN2/c17-15-12-19(16-9-5-4-8-14(15)16)11-10-18-13-6-2-1-3-7-13/h1-9,12,18H,10-11H2. The minimum absolute atomic E-state index is 0.815. The topological polar surface area (TPSA) is 17.0 Å². The smallest absolute Gasteiger partial charge is 0.0661 e. The van der Waals surface area contributed by atoms with Gasteiger partial charge in [-0.25, -0.2) is 0 Å². The number of hydrogen-bond donors (Lipinski definition) is 1. The molecule has 0 aliphatic carbocycles. The first-order valence-corrected chi connectivity index (χ1v) is 6.75. The predicted octanol–water partition coefficient (Wildman–Crippen LogP) is 4.41. The van der Waals surface area contributed by atoms with Gasteiger partial charge in [0.1, 0.15) is 0 Å². The maximum Gasteiger partial charge on any atom is 0.0661 e. The van der Waals surface area contributed by atoms with Gasteiger partial charge in [-0.2, -0.15) is 0 Å². The van der Waals surface area contributed by atoms with Crippen LogP contribution in [0.4, 0.5) is 5.69 Å². The largest absolute Gasteiger partial charge is 0.383 e. The number of nitrogens with zero attached hydrogens (tertiary/aromatic N) is 1. The highest BCUT2D eigenvalue weighted by Crippen LogP contribution is 2.25. The molecule has 0 amide bonds. The predicted molar refractivity (Wildman–Crippen MR) is 81.9 cm³/mol. The summed E-state index contributed by atoms with van der Waals surface area (Å²) in [4.78, 5) is 0. The Bertz CT molecular complexity index is 674. The zero-order valence-electron chi connectivity index (χ0n) is 10.5. The van der Waals surface area contributed by atoms with Crippen molar-refractivity contribution in [3.8, 4) is 0 Å². The molecule has 0 aliphatic rings. The molecule has 0 saturated heterocycles. The summed E-state index contributed by atoms with van der Waals surface area (Å²) in [6, 6.07) is 18.4. The molecule has 0 unspecified atom stereocenters. The molecule has 0 atom stereocenters. The van der Waals surface area contributed by atoms with Crippen LogP contribution in [-0.2, 0) is 6.54 Å². The Kier molecular flexibility index (Phi) is 3.43. The van der Waals surface area contributed by atoms with Crippen molar-refractivity contribution >= 4 is 28.2 Å². The van der Waals surface area contributed by atoms with E-state index < -0.39 is 0 Å². The van der Waals surface area contributed by atoms with Crippen LogP contribution in [0.1, 0.15) is 0 Å². The Morgan fingerprint density at radius 1 is 0.947 bits per heavy atom. The molecule has 2 aromatic carbocycles. The molecular formula is C16H15ClN2. The molecule has 3 rings (SSSR count). The third-order valence-corrected chi connectivity index (χ3v) is 3.50. The van der Waals surface area contributed by atoms with Crippen molar-refractivity contribution in [1.82, 2.24) is 4.57 Å². The summed E-state index contributed by atoms with van der Waals surface area (Å²) in [5, 5.41) is 5.33. The van der Waals surface area contributed by atoms with Crippen LogP contribution in [0.25, 0.3) is 10.9 Å². The fourth-order valence-corrected chi connectivity index (χ4v) is 2.54. The third-order valence-electron chi connectivity index (χ3n) is 3.20. The van der Waals surface area contributed by atoms with Crippen LogP contribution in [0, 0.1) is 0 Å². The van der Waals surface area contributed by atoms with Gasteiger partial charge < -0.3 is 9.88 Å². The zero-order chi connectivity index (χ0) is 13.1. The van der Waals surface area contributed by atoms with E-state index in [1.54, 1.807) is 0 Å². The number of anilines is 1. The van der Waals surface area contributed by atoms with E-state index in [9.17, 15) is 0 Å². The van der Waals surface area contributed by atoms with Crippen LogP contribution >= 0.6 is 11.6 Å². The summed E-state index contributed by atoms with van der Waals surface area (Å²) in [7, 11) is 0. The summed E-state index contributed by atoms with van der Waals surface area (Å²) >= 11 is 6.23. The van der Waals surface area contributed by atoms with Crippen LogP contribution in [0.3, 0.4) is 0 Å². The highest BCUT2D eigenvalue weighted by Gasteiger charge is 2.05. The number of nitrogens with one attached hydrogen (secondary N) is 1. The molecule has 3 heteroatoms. The Morgan fingerprint density at radius 3 is 2.53 bits per heavy atom. The number of aromatic nitrogens is 1. The summed E-state index contributed by atoms with van der Waals surface area (Å²) in [6.07, 6.45) is 2.00. The first kappa shape index (κ1) is 12.1. The van der Waals surface area contributed by atoms with Crippen LogP contribution < -0.4 is 5.32 Å². The van der Waals surface area contributed by atoms with E-state index in [1.807, 2.05) is 36.5 Å². The van der Waals surface area contributed by atoms with E-state index in [0.717, 1.165) is 29.2 Å². The molecular weight excluding hydrogens is 256 g/mol. The Hall–Kier alpha value is -1.93. The normalized spacial score (nSPS) is 10.8. The van der Waals surface area contributed by atoms with Crippen molar-refractivity contribution in [1.29, 1.82) is 0 Å². The van der Waals surface area contributed by atoms with Crippen LogP contribution in [-0.4, -0.2) is 11.1 Å². The van der Waals surface area contributed by atoms with E-state index in [2.05, 4.69) is 34.1 Å². The molecule has 96 valence electrons. The minimum atomic E-state index is 0.815. The van der Waals surface area contributed by atoms with Crippen molar-refractivity contribution < 1.29 is 0 Å². The minimum Gasteiger partial charge on any atom is -0.383 e. The Morgan fingerprint density at radius 2 is 1.68 bits per heavy atom. The van der Waals surface area contributed by atoms with Gasteiger partial charge in [0.15, 0.2) is 0 Å². The first-order chi connectivity index (χ1) is 9.34. The average Bonchev–Trinajstić information content (AvgIpc) is 2.78. The SMILES string of the molecule is Clc1cn(CCNc2ccccc2)c2ccccc12. The van der Waals surface area contributed by atoms with Crippen LogP contribution in [0.5, 0.6) is 0 Å². The number of para-hydroxylation sites is 2. The van der Waals surface area contributed by atoms with Gasteiger partial charge >= 0.3 is 0 Å². The number of benzene rings is 2. The lowest BCUT2D eigenvalue weighted by Gasteiger charge is -2.08. The summed E-state index contributed by atoms with van der Waals surface area (Å²) in [5.74, 6) is 0.